The molecule has 21 heavy (non-hydrogen) atoms. The highest BCUT2D eigenvalue weighted by atomic mass is 32.2. The summed E-state index contributed by atoms with van der Waals surface area (Å²) in [6.45, 7) is 0. The van der Waals surface area contributed by atoms with Gasteiger partial charge in [-0.3, -0.25) is 4.79 Å². The Bertz CT molecular complexity index is 627. The van der Waals surface area contributed by atoms with Crippen molar-refractivity contribution in [3.05, 3.63) is 41.8 Å². The first-order valence-corrected chi connectivity index (χ1v) is 7.94. The number of carbonyl (C=O) groups excluding carboxylic acids is 1. The number of ketones is 1. The largest absolute Gasteiger partial charge is 0.339 e. The second-order valence-corrected chi connectivity index (χ2v) is 6.10. The van der Waals surface area contributed by atoms with Crippen LogP contribution in [0.2, 0.25) is 0 Å². The van der Waals surface area contributed by atoms with Gasteiger partial charge in [0.2, 0.25) is 5.89 Å². The highest BCUT2D eigenvalue weighted by Gasteiger charge is 2.28. The lowest BCUT2D eigenvalue weighted by atomic mass is 9.88. The number of hydrogen-bond donors (Lipinski definition) is 0. The lowest BCUT2D eigenvalue weighted by molar-refractivity contribution is -0.122. The van der Waals surface area contributed by atoms with Crippen molar-refractivity contribution < 1.29 is 13.7 Å². The molecule has 1 aliphatic carbocycles. The third-order valence-electron chi connectivity index (χ3n) is 3.52. The monoisotopic (exact) mass is 306 g/mol. The fourth-order valence-corrected chi connectivity index (χ4v) is 3.13. The minimum Gasteiger partial charge on any atom is -0.339 e. The second-order valence-electron chi connectivity index (χ2n) is 5.06. The van der Waals surface area contributed by atoms with Gasteiger partial charge in [0.1, 0.15) is 11.6 Å². The number of rotatable bonds is 4. The van der Waals surface area contributed by atoms with E-state index in [2.05, 4.69) is 10.1 Å². The predicted molar refractivity (Wildman–Crippen MR) is 76.5 cm³/mol. The standard InChI is InChI=1S/C15H15FN2O2S/c16-10-5-7-11(8-6-10)21-9-14-17-15(20-18-14)12-3-1-2-4-13(12)19/h5-8,12H,1-4,9H2. The highest BCUT2D eigenvalue weighted by molar-refractivity contribution is 7.98. The molecule has 110 valence electrons. The van der Waals surface area contributed by atoms with Crippen molar-refractivity contribution in [2.24, 2.45) is 0 Å². The first-order chi connectivity index (χ1) is 10.2. The van der Waals surface area contributed by atoms with Gasteiger partial charge < -0.3 is 4.52 Å². The molecule has 0 radical (unpaired) electrons. The van der Waals surface area contributed by atoms with Gasteiger partial charge in [-0.25, -0.2) is 4.39 Å². The van der Waals surface area contributed by atoms with Gasteiger partial charge in [0.05, 0.1) is 11.7 Å². The fraction of sp³-hybridized carbons (Fsp3) is 0.400. The van der Waals surface area contributed by atoms with Crippen molar-refractivity contribution in [1.29, 1.82) is 0 Å². The summed E-state index contributed by atoms with van der Waals surface area (Å²) >= 11 is 1.51. The lowest BCUT2D eigenvalue weighted by Gasteiger charge is -2.16. The van der Waals surface area contributed by atoms with Crippen LogP contribution in [0.3, 0.4) is 0 Å². The summed E-state index contributed by atoms with van der Waals surface area (Å²) in [6.07, 6.45) is 3.38. The summed E-state index contributed by atoms with van der Waals surface area (Å²) in [7, 11) is 0. The minimum atomic E-state index is -0.253. The molecule has 1 aromatic heterocycles. The zero-order valence-corrected chi connectivity index (χ0v) is 12.2. The molecular weight excluding hydrogens is 291 g/mol. The Morgan fingerprint density at radius 3 is 2.86 bits per heavy atom. The third kappa shape index (κ3) is 3.50. The van der Waals surface area contributed by atoms with Gasteiger partial charge in [-0.15, -0.1) is 11.8 Å². The minimum absolute atomic E-state index is 0.197. The normalized spacial score (nSPS) is 18.9. The van der Waals surface area contributed by atoms with Crippen molar-refractivity contribution in [3.63, 3.8) is 0 Å². The summed E-state index contributed by atoms with van der Waals surface area (Å²) in [5.41, 5.74) is 0. The summed E-state index contributed by atoms with van der Waals surface area (Å²) < 4.78 is 18.0. The van der Waals surface area contributed by atoms with E-state index in [-0.39, 0.29) is 17.5 Å². The first-order valence-electron chi connectivity index (χ1n) is 6.96. The predicted octanol–water partition coefficient (Wildman–Crippen LogP) is 3.73. The van der Waals surface area contributed by atoms with Crippen molar-refractivity contribution in [2.75, 3.05) is 0 Å². The van der Waals surface area contributed by atoms with E-state index in [1.807, 2.05) is 0 Å². The number of thioether (sulfide) groups is 1. The van der Waals surface area contributed by atoms with E-state index in [9.17, 15) is 9.18 Å². The zero-order chi connectivity index (χ0) is 14.7. The van der Waals surface area contributed by atoms with Gasteiger partial charge in [-0.1, -0.05) is 11.6 Å². The van der Waals surface area contributed by atoms with Crippen LogP contribution in [0.5, 0.6) is 0 Å². The van der Waals surface area contributed by atoms with Gasteiger partial charge in [0.25, 0.3) is 0 Å². The van der Waals surface area contributed by atoms with E-state index in [0.29, 0.717) is 23.9 Å². The molecule has 1 saturated carbocycles. The summed E-state index contributed by atoms with van der Waals surface area (Å²) in [6, 6.07) is 6.27. The summed E-state index contributed by atoms with van der Waals surface area (Å²) in [4.78, 5) is 17.1. The molecule has 1 unspecified atom stereocenters. The van der Waals surface area contributed by atoms with E-state index in [0.717, 1.165) is 24.2 Å². The van der Waals surface area contributed by atoms with Crippen LogP contribution >= 0.6 is 11.8 Å². The number of carbonyl (C=O) groups is 1. The van der Waals surface area contributed by atoms with Gasteiger partial charge in [0.15, 0.2) is 5.82 Å². The van der Waals surface area contributed by atoms with E-state index in [1.165, 1.54) is 23.9 Å². The number of halogens is 1. The van der Waals surface area contributed by atoms with E-state index < -0.39 is 0 Å². The Morgan fingerprint density at radius 1 is 1.29 bits per heavy atom. The van der Waals surface area contributed by atoms with Crippen LogP contribution in [0.15, 0.2) is 33.7 Å². The van der Waals surface area contributed by atoms with Gasteiger partial charge in [-0.05, 0) is 37.1 Å². The van der Waals surface area contributed by atoms with Crippen LogP contribution in [0, 0.1) is 5.82 Å². The van der Waals surface area contributed by atoms with E-state index in [4.69, 9.17) is 4.52 Å². The van der Waals surface area contributed by atoms with Crippen LogP contribution in [-0.2, 0) is 10.5 Å². The average Bonchev–Trinajstić information content (AvgIpc) is 2.96. The maximum Gasteiger partial charge on any atom is 0.237 e. The molecule has 0 aliphatic heterocycles. The quantitative estimate of drug-likeness (QED) is 0.806. The maximum atomic E-state index is 12.8. The molecule has 3 rings (SSSR count). The topological polar surface area (TPSA) is 56.0 Å². The molecule has 4 nitrogen and oxygen atoms in total. The van der Waals surface area contributed by atoms with Gasteiger partial charge in [-0.2, -0.15) is 4.98 Å². The second kappa shape index (κ2) is 6.39. The van der Waals surface area contributed by atoms with Crippen LogP contribution in [0.1, 0.15) is 43.3 Å². The van der Waals surface area contributed by atoms with Crippen molar-refractivity contribution in [2.45, 2.75) is 42.2 Å². The Kier molecular flexibility index (Phi) is 4.34. The van der Waals surface area contributed by atoms with Crippen molar-refractivity contribution >= 4 is 17.5 Å². The summed E-state index contributed by atoms with van der Waals surface area (Å²) in [5, 5.41) is 3.93. The zero-order valence-electron chi connectivity index (χ0n) is 11.4. The molecule has 0 spiro atoms. The van der Waals surface area contributed by atoms with Crippen LogP contribution in [0.4, 0.5) is 4.39 Å². The van der Waals surface area contributed by atoms with E-state index >= 15 is 0 Å². The number of hydrogen-bond acceptors (Lipinski definition) is 5. The fourth-order valence-electron chi connectivity index (χ4n) is 2.39. The Balaban J connectivity index is 1.62. The molecular formula is C15H15FN2O2S. The Hall–Kier alpha value is -1.69. The molecule has 2 aromatic rings. The number of benzene rings is 1. The molecule has 1 heterocycles. The summed E-state index contributed by atoms with van der Waals surface area (Å²) in [5.74, 6) is 1.26. The van der Waals surface area contributed by atoms with Crippen LogP contribution in [-0.4, -0.2) is 15.9 Å². The molecule has 1 aromatic carbocycles. The third-order valence-corrected chi connectivity index (χ3v) is 4.53. The SMILES string of the molecule is O=C1CCCCC1c1nc(CSc2ccc(F)cc2)no1. The molecule has 0 bridgehead atoms. The molecule has 0 amide bonds. The molecule has 0 N–H and O–H groups in total. The smallest absolute Gasteiger partial charge is 0.237 e. The van der Waals surface area contributed by atoms with Crippen molar-refractivity contribution in [3.8, 4) is 0 Å². The molecule has 0 saturated heterocycles. The molecule has 6 heteroatoms. The van der Waals surface area contributed by atoms with Gasteiger partial charge in [0, 0.05) is 11.3 Å². The Morgan fingerprint density at radius 2 is 2.10 bits per heavy atom. The number of nitrogens with zero attached hydrogens (tertiary/aromatic N) is 2. The van der Waals surface area contributed by atoms with Crippen LogP contribution in [0.25, 0.3) is 0 Å². The maximum absolute atomic E-state index is 12.8. The number of Topliss-reactive ketones (excluding diaryl/α,β-unsaturated/α-hetero) is 1. The van der Waals surface area contributed by atoms with Crippen LogP contribution < -0.4 is 0 Å². The highest BCUT2D eigenvalue weighted by Crippen LogP contribution is 2.29. The average molecular weight is 306 g/mol. The first kappa shape index (κ1) is 14.3. The van der Waals surface area contributed by atoms with E-state index in [1.54, 1.807) is 12.1 Å². The van der Waals surface area contributed by atoms with Gasteiger partial charge >= 0.3 is 0 Å². The number of aromatic nitrogens is 2. The molecule has 1 atom stereocenters. The lowest BCUT2D eigenvalue weighted by Crippen LogP contribution is -2.17. The Labute approximate surface area is 126 Å². The molecule has 1 fully saturated rings. The van der Waals surface area contributed by atoms with Crippen molar-refractivity contribution in [1.82, 2.24) is 10.1 Å². The molecule has 1 aliphatic rings.